The van der Waals surface area contributed by atoms with Gasteiger partial charge in [0.05, 0.1) is 0 Å². The zero-order valence-electron chi connectivity index (χ0n) is 7.22. The van der Waals surface area contributed by atoms with Crippen molar-refractivity contribution >= 4 is 0 Å². The predicted octanol–water partition coefficient (Wildman–Crippen LogP) is 3.26. The van der Waals surface area contributed by atoms with E-state index in [-0.39, 0.29) is 0 Å². The van der Waals surface area contributed by atoms with Crippen molar-refractivity contribution < 1.29 is 4.39 Å². The van der Waals surface area contributed by atoms with Crippen LogP contribution in [0.5, 0.6) is 0 Å². The van der Waals surface area contributed by atoms with Crippen LogP contribution in [0.3, 0.4) is 0 Å². The molecule has 0 aromatic heterocycles. The molecule has 0 aromatic rings. The van der Waals surface area contributed by atoms with Crippen LogP contribution in [0.15, 0.2) is 12.2 Å². The maximum Gasteiger partial charge on any atom is 0.110 e. The predicted molar refractivity (Wildman–Crippen MR) is 48.9 cm³/mol. The second-order valence-electron chi connectivity index (χ2n) is 3.16. The molecule has 1 unspecified atom stereocenters. The van der Waals surface area contributed by atoms with Crippen LogP contribution in [-0.2, 0) is 0 Å². The molecule has 0 bridgehead atoms. The number of rotatable bonds is 5. The van der Waals surface area contributed by atoms with Crippen LogP contribution in [0, 0.1) is 24.4 Å². The van der Waals surface area contributed by atoms with Gasteiger partial charge in [0.1, 0.15) is 6.17 Å². The lowest BCUT2D eigenvalue weighted by atomic mass is 10.1. The molecule has 0 saturated heterocycles. The maximum absolute atomic E-state index is 11.3. The summed E-state index contributed by atoms with van der Waals surface area (Å²) in [7, 11) is 0. The zero-order chi connectivity index (χ0) is 8.65. The van der Waals surface area contributed by atoms with E-state index < -0.39 is 0 Å². The van der Waals surface area contributed by atoms with Crippen molar-refractivity contribution in [2.45, 2.75) is 32.1 Å². The minimum atomic E-state index is 0.916. The van der Waals surface area contributed by atoms with Crippen LogP contribution in [0.25, 0.3) is 0 Å². The summed E-state index contributed by atoms with van der Waals surface area (Å²) in [6.45, 7) is 0. The van der Waals surface area contributed by atoms with Gasteiger partial charge in [-0.15, -0.1) is 4.39 Å². The normalized spacial score (nSPS) is 16.1. The van der Waals surface area contributed by atoms with E-state index in [0.717, 1.165) is 12.3 Å². The molecule has 0 N–H and O–H groups in total. The van der Waals surface area contributed by atoms with Gasteiger partial charge in [0, 0.05) is 0 Å². The number of hydrogen-bond donors (Lipinski definition) is 0. The third-order valence-electron chi connectivity index (χ3n) is 2.02. The van der Waals surface area contributed by atoms with E-state index in [1.165, 1.54) is 31.9 Å². The van der Waals surface area contributed by atoms with Crippen molar-refractivity contribution in [3.63, 3.8) is 0 Å². The van der Waals surface area contributed by atoms with E-state index in [2.05, 4.69) is 12.3 Å². The number of hydrogen-bond acceptors (Lipinski definition) is 0. The van der Waals surface area contributed by atoms with E-state index in [1.807, 2.05) is 6.08 Å². The smallest absolute Gasteiger partial charge is 0.110 e. The molecular weight excluding hydrogens is 151 g/mol. The van der Waals surface area contributed by atoms with Crippen molar-refractivity contribution in [1.82, 2.24) is 0 Å². The minimum absolute atomic E-state index is 0.916. The topological polar surface area (TPSA) is 0 Å². The summed E-state index contributed by atoms with van der Waals surface area (Å²) in [5, 5.41) is 0. The third kappa shape index (κ3) is 4.96. The molecule has 1 atom stereocenters. The summed E-state index contributed by atoms with van der Waals surface area (Å²) in [5.41, 5.74) is 0. The van der Waals surface area contributed by atoms with E-state index in [4.69, 9.17) is 0 Å². The summed E-state index contributed by atoms with van der Waals surface area (Å²) < 4.78 is 11.3. The second kappa shape index (κ2) is 5.83. The molecule has 0 amide bonds. The molecule has 65 valence electrons. The van der Waals surface area contributed by atoms with Crippen LogP contribution in [0.2, 0.25) is 0 Å². The summed E-state index contributed by atoms with van der Waals surface area (Å²) >= 11 is 0. The van der Waals surface area contributed by atoms with Crippen molar-refractivity contribution in [1.29, 1.82) is 0 Å². The number of halogens is 1. The van der Waals surface area contributed by atoms with Gasteiger partial charge in [-0.2, -0.15) is 0 Å². The highest BCUT2D eigenvalue weighted by atomic mass is 19.1. The van der Waals surface area contributed by atoms with Crippen LogP contribution >= 0.6 is 0 Å². The Morgan fingerprint density at radius 2 is 2.33 bits per heavy atom. The van der Waals surface area contributed by atoms with Gasteiger partial charge in [0.15, 0.2) is 0 Å². The maximum atomic E-state index is 11.3. The highest BCUT2D eigenvalue weighted by Crippen LogP contribution is 2.32. The average Bonchev–Trinajstić information content (AvgIpc) is 2.87. The van der Waals surface area contributed by atoms with Crippen molar-refractivity contribution in [3.8, 4) is 12.1 Å². The lowest BCUT2D eigenvalue weighted by molar-refractivity contribution is 0.646. The molecule has 1 heteroatoms. The Hall–Kier alpha value is -0.770. The lowest BCUT2D eigenvalue weighted by Gasteiger charge is -1.93. The van der Waals surface area contributed by atoms with Crippen LogP contribution < -0.4 is 0 Å². The zero-order valence-corrected chi connectivity index (χ0v) is 7.22. The molecule has 1 aliphatic carbocycles. The molecule has 1 rings (SSSR count). The van der Waals surface area contributed by atoms with E-state index in [9.17, 15) is 4.39 Å². The SMILES string of the molecule is FC#CC=CCCCCC1[CH]C1. The van der Waals surface area contributed by atoms with Crippen molar-refractivity contribution in [2.75, 3.05) is 0 Å². The Kier molecular flexibility index (Phi) is 4.52. The average molecular weight is 165 g/mol. The fourth-order valence-corrected chi connectivity index (χ4v) is 1.17. The van der Waals surface area contributed by atoms with Gasteiger partial charge in [-0.1, -0.05) is 18.9 Å². The molecule has 1 saturated carbocycles. The minimum Gasteiger partial charge on any atom is -0.144 e. The van der Waals surface area contributed by atoms with Gasteiger partial charge in [-0.3, -0.25) is 0 Å². The summed E-state index contributed by atoms with van der Waals surface area (Å²) in [6, 6.07) is 0. The molecule has 0 heterocycles. The molecular formula is C11H14F. The van der Waals surface area contributed by atoms with Gasteiger partial charge in [-0.05, 0) is 43.6 Å². The fourth-order valence-electron chi connectivity index (χ4n) is 1.17. The van der Waals surface area contributed by atoms with Crippen molar-refractivity contribution in [3.05, 3.63) is 18.6 Å². The Labute approximate surface area is 73.9 Å². The highest BCUT2D eigenvalue weighted by molar-refractivity contribution is 5.11. The number of unbranched alkanes of at least 4 members (excludes halogenated alkanes) is 2. The molecule has 0 nitrogen and oxygen atoms in total. The Morgan fingerprint density at radius 3 is 3.00 bits per heavy atom. The van der Waals surface area contributed by atoms with Gasteiger partial charge >= 0.3 is 0 Å². The van der Waals surface area contributed by atoms with E-state index in [1.54, 1.807) is 6.08 Å². The van der Waals surface area contributed by atoms with Crippen LogP contribution in [-0.4, -0.2) is 0 Å². The monoisotopic (exact) mass is 165 g/mol. The quantitative estimate of drug-likeness (QED) is 0.433. The molecule has 1 fully saturated rings. The second-order valence-corrected chi connectivity index (χ2v) is 3.16. The third-order valence-corrected chi connectivity index (χ3v) is 2.02. The molecule has 1 radical (unpaired) electrons. The number of allylic oxidation sites excluding steroid dienone is 2. The lowest BCUT2D eigenvalue weighted by Crippen LogP contribution is -1.77. The Bertz CT molecular complexity index is 191. The van der Waals surface area contributed by atoms with Gasteiger partial charge in [0.2, 0.25) is 0 Å². The standard InChI is InChI=1S/C11H14F/c12-10-6-4-2-1-3-5-7-11-8-9-11/h2,4,8,11H,1,3,5,7,9H2. The largest absolute Gasteiger partial charge is 0.144 e. The van der Waals surface area contributed by atoms with Gasteiger partial charge in [-0.25, -0.2) is 0 Å². The Morgan fingerprint density at radius 1 is 1.50 bits per heavy atom. The molecule has 12 heavy (non-hydrogen) atoms. The molecule has 1 aliphatic rings. The van der Waals surface area contributed by atoms with Gasteiger partial charge < -0.3 is 0 Å². The Balaban J connectivity index is 1.83. The fraction of sp³-hybridized carbons (Fsp3) is 0.545. The summed E-state index contributed by atoms with van der Waals surface area (Å²) in [6.07, 6.45) is 13.4. The van der Waals surface area contributed by atoms with Crippen LogP contribution in [0.4, 0.5) is 4.39 Å². The molecule has 0 aromatic carbocycles. The van der Waals surface area contributed by atoms with Gasteiger partial charge in [0.25, 0.3) is 0 Å². The van der Waals surface area contributed by atoms with Crippen LogP contribution in [0.1, 0.15) is 32.1 Å². The summed E-state index contributed by atoms with van der Waals surface area (Å²) in [5.74, 6) is 3.17. The first-order chi connectivity index (χ1) is 5.93. The van der Waals surface area contributed by atoms with E-state index in [0.29, 0.717) is 0 Å². The highest BCUT2D eigenvalue weighted by Gasteiger charge is 2.20. The summed E-state index contributed by atoms with van der Waals surface area (Å²) in [4.78, 5) is 0. The molecule has 0 spiro atoms. The van der Waals surface area contributed by atoms with Crippen molar-refractivity contribution in [2.24, 2.45) is 5.92 Å². The first-order valence-electron chi connectivity index (χ1n) is 4.53. The molecule has 0 aliphatic heterocycles. The van der Waals surface area contributed by atoms with E-state index >= 15 is 0 Å². The first kappa shape index (κ1) is 9.32. The first-order valence-corrected chi connectivity index (χ1v) is 4.53.